The number of hydrogen-bond donors (Lipinski definition) is 0. The summed E-state index contributed by atoms with van der Waals surface area (Å²) in [5, 5.41) is 4.91. The number of benzene rings is 11. The summed E-state index contributed by atoms with van der Waals surface area (Å²) in [6.45, 7) is 0. The lowest BCUT2D eigenvalue weighted by atomic mass is 9.70. The van der Waals surface area contributed by atoms with Crippen molar-refractivity contribution in [1.82, 2.24) is 0 Å². The van der Waals surface area contributed by atoms with Gasteiger partial charge in [0.2, 0.25) is 0 Å². The van der Waals surface area contributed by atoms with Gasteiger partial charge < -0.3 is 4.90 Å². The van der Waals surface area contributed by atoms with Crippen molar-refractivity contribution in [3.63, 3.8) is 0 Å². The maximum atomic E-state index is 2.53. The molecule has 1 nitrogen and oxygen atoms in total. The summed E-state index contributed by atoms with van der Waals surface area (Å²) in [6.07, 6.45) is 0. The quantitative estimate of drug-likeness (QED) is 0.162. The Morgan fingerprint density at radius 2 is 0.766 bits per heavy atom. The average molecular weight is 812 g/mol. The summed E-state index contributed by atoms with van der Waals surface area (Å²) in [4.78, 5) is 2.53. The van der Waals surface area contributed by atoms with Gasteiger partial charge in [-0.3, -0.25) is 0 Å². The predicted octanol–water partition coefficient (Wildman–Crippen LogP) is 16.8. The molecule has 64 heavy (non-hydrogen) atoms. The SMILES string of the molecule is c1ccc(-c2c(-c3ccc(N(c4cccc5c4-c4ccccc4C54c5ccccc5-c5ccccc54)c4ccc(-c5ccccc5)c5ccccc45)cc3)ccc3ccccc23)cc1. The van der Waals surface area contributed by atoms with Gasteiger partial charge in [0, 0.05) is 16.6 Å². The van der Waals surface area contributed by atoms with Crippen LogP contribution in [0.25, 0.3) is 77.2 Å². The zero-order valence-corrected chi connectivity index (χ0v) is 35.1. The molecule has 1 spiro atoms. The van der Waals surface area contributed by atoms with Gasteiger partial charge in [-0.2, -0.15) is 0 Å². The minimum absolute atomic E-state index is 0.451. The van der Waals surface area contributed by atoms with Gasteiger partial charge in [-0.1, -0.05) is 224 Å². The molecule has 0 aliphatic heterocycles. The molecule has 1 heteroatoms. The third-order valence-corrected chi connectivity index (χ3v) is 13.9. The van der Waals surface area contributed by atoms with E-state index in [0.29, 0.717) is 0 Å². The molecular weight excluding hydrogens is 771 g/mol. The maximum Gasteiger partial charge on any atom is 0.0726 e. The molecule has 0 radical (unpaired) electrons. The van der Waals surface area contributed by atoms with Crippen LogP contribution in [0.15, 0.2) is 249 Å². The summed E-state index contributed by atoms with van der Waals surface area (Å²) in [5.41, 5.74) is 20.7. The van der Waals surface area contributed by atoms with E-state index in [0.717, 1.165) is 17.1 Å². The lowest BCUT2D eigenvalue weighted by Crippen LogP contribution is -2.26. The predicted molar refractivity (Wildman–Crippen MR) is 269 cm³/mol. The van der Waals surface area contributed by atoms with Crippen molar-refractivity contribution < 1.29 is 0 Å². The van der Waals surface area contributed by atoms with Gasteiger partial charge in [-0.15, -0.1) is 0 Å². The Balaban J connectivity index is 1.07. The van der Waals surface area contributed by atoms with E-state index in [9.17, 15) is 0 Å². The molecule has 0 amide bonds. The van der Waals surface area contributed by atoms with Crippen molar-refractivity contribution in [2.24, 2.45) is 0 Å². The molecule has 0 bridgehead atoms. The van der Waals surface area contributed by atoms with E-state index in [2.05, 4.69) is 254 Å². The van der Waals surface area contributed by atoms with E-state index in [4.69, 9.17) is 0 Å². The topological polar surface area (TPSA) is 3.24 Å². The number of hydrogen-bond acceptors (Lipinski definition) is 1. The van der Waals surface area contributed by atoms with Crippen LogP contribution in [0.4, 0.5) is 17.1 Å². The first-order valence-electron chi connectivity index (χ1n) is 22.3. The van der Waals surface area contributed by atoms with Gasteiger partial charge in [-0.25, -0.2) is 0 Å². The van der Waals surface area contributed by atoms with E-state index in [1.165, 1.54) is 99.4 Å². The van der Waals surface area contributed by atoms with Crippen LogP contribution in [0, 0.1) is 0 Å². The molecule has 0 saturated carbocycles. The molecule has 0 aromatic heterocycles. The molecule has 0 saturated heterocycles. The summed E-state index contributed by atoms with van der Waals surface area (Å²) < 4.78 is 0. The normalized spacial score (nSPS) is 12.8. The van der Waals surface area contributed by atoms with Crippen LogP contribution < -0.4 is 4.90 Å². The molecule has 298 valence electrons. The van der Waals surface area contributed by atoms with Crippen LogP contribution in [-0.4, -0.2) is 0 Å². The Kier molecular flexibility index (Phi) is 8.20. The van der Waals surface area contributed by atoms with Gasteiger partial charge >= 0.3 is 0 Å². The van der Waals surface area contributed by atoms with Gasteiger partial charge in [0.05, 0.1) is 16.8 Å². The minimum atomic E-state index is -0.451. The maximum absolute atomic E-state index is 2.53. The zero-order chi connectivity index (χ0) is 42.2. The van der Waals surface area contributed by atoms with Crippen LogP contribution in [0.2, 0.25) is 0 Å². The number of fused-ring (bicyclic) bond motifs is 12. The second-order valence-corrected chi connectivity index (χ2v) is 17.1. The van der Waals surface area contributed by atoms with Gasteiger partial charge in [-0.05, 0) is 113 Å². The summed E-state index contributed by atoms with van der Waals surface area (Å²) in [6, 6.07) is 92.1. The molecule has 0 heterocycles. The second kappa shape index (κ2) is 14.4. The zero-order valence-electron chi connectivity index (χ0n) is 35.1. The third kappa shape index (κ3) is 5.25. The van der Waals surface area contributed by atoms with Crippen molar-refractivity contribution in [2.45, 2.75) is 5.41 Å². The van der Waals surface area contributed by atoms with Crippen molar-refractivity contribution in [3.05, 3.63) is 271 Å². The number of anilines is 3. The van der Waals surface area contributed by atoms with E-state index >= 15 is 0 Å². The highest BCUT2D eigenvalue weighted by Crippen LogP contribution is 2.64. The molecular formula is C63H41N. The lowest BCUT2D eigenvalue weighted by Gasteiger charge is -2.32. The smallest absolute Gasteiger partial charge is 0.0726 e. The average Bonchev–Trinajstić information content (AvgIpc) is 3.85. The molecule has 13 rings (SSSR count). The van der Waals surface area contributed by atoms with Gasteiger partial charge in [0.1, 0.15) is 0 Å². The molecule has 2 aliphatic carbocycles. The molecule has 0 unspecified atom stereocenters. The second-order valence-electron chi connectivity index (χ2n) is 17.1. The summed E-state index contributed by atoms with van der Waals surface area (Å²) in [7, 11) is 0. The van der Waals surface area contributed by atoms with Gasteiger partial charge in [0.15, 0.2) is 0 Å². The van der Waals surface area contributed by atoms with Crippen LogP contribution in [-0.2, 0) is 5.41 Å². The van der Waals surface area contributed by atoms with E-state index in [1.807, 2.05) is 0 Å². The number of rotatable bonds is 6. The highest BCUT2D eigenvalue weighted by molar-refractivity contribution is 6.09. The van der Waals surface area contributed by atoms with E-state index in [1.54, 1.807) is 0 Å². The summed E-state index contributed by atoms with van der Waals surface area (Å²) in [5.74, 6) is 0. The molecule has 0 N–H and O–H groups in total. The van der Waals surface area contributed by atoms with Crippen LogP contribution in [0.5, 0.6) is 0 Å². The highest BCUT2D eigenvalue weighted by atomic mass is 15.1. The fraction of sp³-hybridized carbons (Fsp3) is 0.0159. The fourth-order valence-corrected chi connectivity index (χ4v) is 11.3. The monoisotopic (exact) mass is 811 g/mol. The first-order valence-corrected chi connectivity index (χ1v) is 22.3. The minimum Gasteiger partial charge on any atom is -0.309 e. The number of nitrogens with zero attached hydrogens (tertiary/aromatic N) is 1. The Morgan fingerprint density at radius 1 is 0.250 bits per heavy atom. The molecule has 11 aromatic carbocycles. The largest absolute Gasteiger partial charge is 0.309 e. The lowest BCUT2D eigenvalue weighted by molar-refractivity contribution is 0.794. The molecule has 2 aliphatic rings. The Hall–Kier alpha value is -8.26. The van der Waals surface area contributed by atoms with Crippen molar-refractivity contribution in [3.8, 4) is 55.6 Å². The van der Waals surface area contributed by atoms with Crippen LogP contribution >= 0.6 is 0 Å². The van der Waals surface area contributed by atoms with Crippen molar-refractivity contribution >= 4 is 38.6 Å². The molecule has 0 fully saturated rings. The summed E-state index contributed by atoms with van der Waals surface area (Å²) >= 11 is 0. The first kappa shape index (κ1) is 36.4. The standard InChI is InChI=1S/C63H41N/c1-3-18-42(19-4-1)47-40-41-59(53-27-10-9-24-50(47)53)64(46-37-34-44(35-38-46)49-39-36-43-20-7-8-23-48(43)61(49)45-21-5-2-6-22-45)60-33-17-32-58-62(60)54-28-13-16-31-57(54)63(58)55-29-14-11-25-51(55)52-26-12-15-30-56(52)63/h1-41H. The fourth-order valence-electron chi connectivity index (χ4n) is 11.3. The van der Waals surface area contributed by atoms with Crippen LogP contribution in [0.1, 0.15) is 22.3 Å². The first-order chi connectivity index (χ1) is 31.8. The van der Waals surface area contributed by atoms with Crippen molar-refractivity contribution in [2.75, 3.05) is 4.90 Å². The van der Waals surface area contributed by atoms with Crippen LogP contribution in [0.3, 0.4) is 0 Å². The molecule has 0 atom stereocenters. The Morgan fingerprint density at radius 3 is 1.47 bits per heavy atom. The van der Waals surface area contributed by atoms with Crippen molar-refractivity contribution in [1.29, 1.82) is 0 Å². The highest BCUT2D eigenvalue weighted by Gasteiger charge is 2.52. The Bertz CT molecular complexity index is 3560. The van der Waals surface area contributed by atoms with E-state index in [-0.39, 0.29) is 0 Å². The Labute approximate surface area is 373 Å². The third-order valence-electron chi connectivity index (χ3n) is 13.9. The van der Waals surface area contributed by atoms with Gasteiger partial charge in [0.25, 0.3) is 0 Å². The molecule has 11 aromatic rings. The van der Waals surface area contributed by atoms with E-state index < -0.39 is 5.41 Å².